The molecule has 28 heavy (non-hydrogen) atoms. The van der Waals surface area contributed by atoms with Crippen molar-refractivity contribution in [3.05, 3.63) is 64.7 Å². The lowest BCUT2D eigenvalue weighted by atomic mass is 9.96. The Kier molecular flexibility index (Phi) is 6.16. The van der Waals surface area contributed by atoms with Gasteiger partial charge in [-0.25, -0.2) is 4.79 Å². The van der Waals surface area contributed by atoms with E-state index in [1.807, 2.05) is 0 Å². The van der Waals surface area contributed by atoms with Gasteiger partial charge in [-0.05, 0) is 30.2 Å². The van der Waals surface area contributed by atoms with E-state index in [1.165, 1.54) is 7.05 Å². The van der Waals surface area contributed by atoms with Crippen LogP contribution in [-0.2, 0) is 20.7 Å². The van der Waals surface area contributed by atoms with E-state index in [0.29, 0.717) is 22.8 Å². The zero-order valence-corrected chi connectivity index (χ0v) is 15.9. The Bertz CT molecular complexity index is 887. The first-order valence-corrected chi connectivity index (χ1v) is 9.05. The van der Waals surface area contributed by atoms with Gasteiger partial charge in [0.05, 0.1) is 5.92 Å². The average Bonchev–Trinajstić information content (AvgIpc) is 2.71. The van der Waals surface area contributed by atoms with Crippen LogP contribution in [0.4, 0.5) is 4.79 Å². The first kappa shape index (κ1) is 19.7. The highest BCUT2D eigenvalue weighted by atomic mass is 35.5. The van der Waals surface area contributed by atoms with Crippen molar-refractivity contribution in [3.8, 4) is 5.75 Å². The molecule has 0 bridgehead atoms. The van der Waals surface area contributed by atoms with E-state index in [2.05, 4.69) is 10.6 Å². The number of carbonyl (C=O) groups is 3. The number of ether oxygens (including phenoxy) is 2. The number of imide groups is 1. The number of benzene rings is 2. The van der Waals surface area contributed by atoms with E-state index in [-0.39, 0.29) is 6.61 Å². The molecule has 7 nitrogen and oxygen atoms in total. The monoisotopic (exact) mass is 402 g/mol. The van der Waals surface area contributed by atoms with Gasteiger partial charge in [-0.3, -0.25) is 14.9 Å². The van der Waals surface area contributed by atoms with Gasteiger partial charge >= 0.3 is 12.0 Å². The van der Waals surface area contributed by atoms with Gasteiger partial charge in [0.25, 0.3) is 5.91 Å². The molecule has 0 saturated heterocycles. The molecule has 3 amide bonds. The maximum absolute atomic E-state index is 12.7. The van der Waals surface area contributed by atoms with Crippen molar-refractivity contribution in [2.45, 2.75) is 12.5 Å². The van der Waals surface area contributed by atoms with E-state index >= 15 is 0 Å². The fourth-order valence-corrected chi connectivity index (χ4v) is 3.06. The predicted molar refractivity (Wildman–Crippen MR) is 102 cm³/mol. The van der Waals surface area contributed by atoms with Gasteiger partial charge in [-0.1, -0.05) is 41.9 Å². The van der Waals surface area contributed by atoms with Crippen LogP contribution in [0.5, 0.6) is 5.75 Å². The Morgan fingerprint density at radius 3 is 2.64 bits per heavy atom. The van der Waals surface area contributed by atoms with Crippen LogP contribution in [0.3, 0.4) is 0 Å². The van der Waals surface area contributed by atoms with Crippen molar-refractivity contribution in [1.82, 2.24) is 10.6 Å². The highest BCUT2D eigenvalue weighted by Gasteiger charge is 2.32. The number of hydrogen-bond acceptors (Lipinski definition) is 5. The molecular weight excluding hydrogens is 384 g/mol. The summed E-state index contributed by atoms with van der Waals surface area (Å²) in [5.41, 5.74) is 1.25. The summed E-state index contributed by atoms with van der Waals surface area (Å²) in [5.74, 6) is -1.25. The molecule has 0 spiro atoms. The second-order valence-electron chi connectivity index (χ2n) is 6.26. The molecule has 0 aromatic heterocycles. The van der Waals surface area contributed by atoms with Gasteiger partial charge < -0.3 is 14.8 Å². The number of hydrogen-bond donors (Lipinski definition) is 2. The van der Waals surface area contributed by atoms with Crippen LogP contribution >= 0.6 is 11.6 Å². The minimum Gasteiger partial charge on any atom is -0.492 e. The number of esters is 1. The van der Waals surface area contributed by atoms with Crippen LogP contribution in [0.2, 0.25) is 5.02 Å². The van der Waals surface area contributed by atoms with Crippen LogP contribution in [0.15, 0.2) is 48.5 Å². The quantitative estimate of drug-likeness (QED) is 0.767. The summed E-state index contributed by atoms with van der Waals surface area (Å²) in [6, 6.07) is 13.0. The van der Waals surface area contributed by atoms with Crippen molar-refractivity contribution in [3.63, 3.8) is 0 Å². The summed E-state index contributed by atoms with van der Waals surface area (Å²) >= 11 is 6.01. The molecule has 0 radical (unpaired) electrons. The molecular formula is C20H19ClN2O5. The maximum Gasteiger partial charge on any atom is 0.321 e. The Labute approximate surface area is 167 Å². The van der Waals surface area contributed by atoms with Crippen molar-refractivity contribution >= 4 is 29.5 Å². The third-order valence-corrected chi connectivity index (χ3v) is 4.54. The number of halogens is 1. The Morgan fingerprint density at radius 1 is 1.18 bits per heavy atom. The summed E-state index contributed by atoms with van der Waals surface area (Å²) in [6.07, 6.45) is -0.875. The predicted octanol–water partition coefficient (Wildman–Crippen LogP) is 2.63. The molecule has 2 aromatic rings. The fourth-order valence-electron chi connectivity index (χ4n) is 2.87. The minimum atomic E-state index is -1.26. The summed E-state index contributed by atoms with van der Waals surface area (Å²) in [4.78, 5) is 36.7. The summed E-state index contributed by atoms with van der Waals surface area (Å²) in [6.45, 7) is 0.131. The normalized spacial score (nSPS) is 16.1. The Morgan fingerprint density at radius 2 is 1.93 bits per heavy atom. The van der Waals surface area contributed by atoms with Gasteiger partial charge in [0.2, 0.25) is 6.10 Å². The van der Waals surface area contributed by atoms with E-state index in [4.69, 9.17) is 21.1 Å². The van der Waals surface area contributed by atoms with E-state index in [0.717, 1.165) is 5.56 Å². The lowest BCUT2D eigenvalue weighted by molar-refractivity contribution is -0.161. The number of urea groups is 1. The zero-order chi connectivity index (χ0) is 20.1. The average molecular weight is 403 g/mol. The van der Waals surface area contributed by atoms with Crippen LogP contribution in [0, 0.1) is 5.92 Å². The second kappa shape index (κ2) is 8.75. The van der Waals surface area contributed by atoms with Crippen molar-refractivity contribution < 1.29 is 23.9 Å². The van der Waals surface area contributed by atoms with Gasteiger partial charge in [-0.2, -0.15) is 0 Å². The molecule has 1 aliphatic heterocycles. The van der Waals surface area contributed by atoms with Gasteiger partial charge in [0.1, 0.15) is 12.4 Å². The van der Waals surface area contributed by atoms with Gasteiger partial charge in [-0.15, -0.1) is 0 Å². The molecule has 2 atom stereocenters. The lowest BCUT2D eigenvalue weighted by Gasteiger charge is -2.26. The number of fused-ring (bicyclic) bond motifs is 1. The van der Waals surface area contributed by atoms with Crippen molar-refractivity contribution in [2.75, 3.05) is 13.7 Å². The van der Waals surface area contributed by atoms with Crippen LogP contribution in [0.25, 0.3) is 0 Å². The highest BCUT2D eigenvalue weighted by molar-refractivity contribution is 6.30. The highest BCUT2D eigenvalue weighted by Crippen LogP contribution is 2.31. The lowest BCUT2D eigenvalue weighted by Crippen LogP contribution is -2.42. The van der Waals surface area contributed by atoms with Crippen LogP contribution in [-0.4, -0.2) is 31.6 Å². The molecule has 146 valence electrons. The molecule has 0 saturated carbocycles. The zero-order valence-electron chi connectivity index (χ0n) is 15.1. The van der Waals surface area contributed by atoms with E-state index < -0.39 is 29.9 Å². The van der Waals surface area contributed by atoms with Crippen LogP contribution in [0.1, 0.15) is 17.2 Å². The number of rotatable bonds is 4. The molecule has 8 heteroatoms. The van der Waals surface area contributed by atoms with Crippen molar-refractivity contribution in [1.29, 1.82) is 0 Å². The van der Waals surface area contributed by atoms with E-state index in [1.54, 1.807) is 48.5 Å². The molecule has 0 fully saturated rings. The number of nitrogens with one attached hydrogen (secondary N) is 2. The largest absolute Gasteiger partial charge is 0.492 e. The molecule has 2 aromatic carbocycles. The molecule has 0 unspecified atom stereocenters. The first-order valence-electron chi connectivity index (χ1n) is 8.67. The smallest absolute Gasteiger partial charge is 0.321 e. The van der Waals surface area contributed by atoms with Crippen molar-refractivity contribution in [2.24, 2.45) is 5.92 Å². The summed E-state index contributed by atoms with van der Waals surface area (Å²) in [5, 5.41) is 4.98. The van der Waals surface area contributed by atoms with Crippen LogP contribution < -0.4 is 15.4 Å². The maximum atomic E-state index is 12.7. The number of amides is 3. The summed E-state index contributed by atoms with van der Waals surface area (Å²) in [7, 11) is 1.38. The molecule has 2 N–H and O–H groups in total. The SMILES string of the molecule is CNC(=O)NC(=O)[C@H](OC(=O)[C@H]1COc2ccc(Cl)cc2C1)c1ccccc1. The topological polar surface area (TPSA) is 93.7 Å². The fraction of sp³-hybridized carbons (Fsp3) is 0.250. The minimum absolute atomic E-state index is 0.131. The first-order chi connectivity index (χ1) is 13.5. The molecule has 0 aliphatic carbocycles. The molecule has 1 aliphatic rings. The van der Waals surface area contributed by atoms with Gasteiger partial charge in [0, 0.05) is 17.6 Å². The molecule has 1 heterocycles. The molecule has 3 rings (SSSR count). The second-order valence-corrected chi connectivity index (χ2v) is 6.70. The third-order valence-electron chi connectivity index (χ3n) is 4.30. The Hall–Kier alpha value is -3.06. The Balaban J connectivity index is 1.76. The number of carbonyl (C=O) groups excluding carboxylic acids is 3. The third kappa shape index (κ3) is 4.61. The van der Waals surface area contributed by atoms with E-state index in [9.17, 15) is 14.4 Å². The standard InChI is InChI=1S/C20H19ClN2O5/c1-22-20(26)23-18(24)17(12-5-3-2-4-6-12)28-19(25)14-9-13-10-15(21)7-8-16(13)27-11-14/h2-8,10,14,17H,9,11H2,1H3,(H2,22,23,24,26)/t14-,17-/m1/s1. The summed E-state index contributed by atoms with van der Waals surface area (Å²) < 4.78 is 11.1. The van der Waals surface area contributed by atoms with Gasteiger partial charge in [0.15, 0.2) is 0 Å².